The lowest BCUT2D eigenvalue weighted by atomic mass is 10.1. The molecule has 0 spiro atoms. The van der Waals surface area contributed by atoms with E-state index in [2.05, 4.69) is 27.8 Å². The quantitative estimate of drug-likeness (QED) is 0.923. The van der Waals surface area contributed by atoms with Gasteiger partial charge in [-0.1, -0.05) is 35.0 Å². The van der Waals surface area contributed by atoms with Gasteiger partial charge in [0.25, 0.3) is 0 Å². The van der Waals surface area contributed by atoms with Gasteiger partial charge in [0.2, 0.25) is 0 Å². The van der Waals surface area contributed by atoms with Gasteiger partial charge in [-0.05, 0) is 18.6 Å². The van der Waals surface area contributed by atoms with Crippen molar-refractivity contribution in [2.45, 2.75) is 19.3 Å². The molecule has 2 rings (SSSR count). The van der Waals surface area contributed by atoms with E-state index in [9.17, 15) is 5.11 Å². The Balaban J connectivity index is 2.26. The summed E-state index contributed by atoms with van der Waals surface area (Å²) in [5.41, 5.74) is 2.12. The Morgan fingerprint density at radius 3 is 2.65 bits per heavy atom. The van der Waals surface area contributed by atoms with Crippen LogP contribution in [0, 0.1) is 0 Å². The first-order valence-corrected chi connectivity index (χ1v) is 7.24. The highest BCUT2D eigenvalue weighted by molar-refractivity contribution is 9.10. The van der Waals surface area contributed by atoms with E-state index in [1.807, 2.05) is 29.6 Å². The standard InChI is InChI=1S/C13H14BrNOS/c1-2-9(7-16)12-8-17-13(15-12)10-3-5-11(14)6-4-10/h3-6,8-9,16H,2,7H2,1H3. The van der Waals surface area contributed by atoms with Crippen LogP contribution in [0.25, 0.3) is 10.6 Å². The van der Waals surface area contributed by atoms with E-state index < -0.39 is 0 Å². The summed E-state index contributed by atoms with van der Waals surface area (Å²) >= 11 is 5.05. The zero-order valence-electron chi connectivity index (χ0n) is 9.56. The molecule has 0 radical (unpaired) electrons. The zero-order chi connectivity index (χ0) is 12.3. The minimum absolute atomic E-state index is 0.162. The maximum atomic E-state index is 9.25. The van der Waals surface area contributed by atoms with Crippen LogP contribution in [0.15, 0.2) is 34.1 Å². The number of thiazole rings is 1. The van der Waals surface area contributed by atoms with Crippen molar-refractivity contribution in [3.8, 4) is 10.6 Å². The summed E-state index contributed by atoms with van der Waals surface area (Å²) in [4.78, 5) is 4.60. The normalized spacial score (nSPS) is 12.6. The molecular formula is C13H14BrNOS. The van der Waals surface area contributed by atoms with Crippen molar-refractivity contribution in [2.24, 2.45) is 0 Å². The first-order chi connectivity index (χ1) is 8.24. The molecule has 0 aliphatic carbocycles. The monoisotopic (exact) mass is 311 g/mol. The molecule has 0 saturated carbocycles. The molecule has 0 bridgehead atoms. The molecule has 1 heterocycles. The van der Waals surface area contributed by atoms with E-state index in [-0.39, 0.29) is 12.5 Å². The van der Waals surface area contributed by atoms with E-state index in [1.54, 1.807) is 11.3 Å². The number of hydrogen-bond donors (Lipinski definition) is 1. The van der Waals surface area contributed by atoms with Gasteiger partial charge in [0.05, 0.1) is 12.3 Å². The maximum Gasteiger partial charge on any atom is 0.123 e. The summed E-state index contributed by atoms with van der Waals surface area (Å²) in [7, 11) is 0. The molecule has 1 N–H and O–H groups in total. The Morgan fingerprint density at radius 2 is 2.06 bits per heavy atom. The van der Waals surface area contributed by atoms with Crippen molar-refractivity contribution < 1.29 is 5.11 Å². The van der Waals surface area contributed by atoms with Crippen molar-refractivity contribution in [1.29, 1.82) is 0 Å². The van der Waals surface area contributed by atoms with Crippen LogP contribution >= 0.6 is 27.3 Å². The minimum Gasteiger partial charge on any atom is -0.396 e. The molecule has 0 aliphatic rings. The largest absolute Gasteiger partial charge is 0.396 e. The Labute approximate surface area is 113 Å². The summed E-state index contributed by atoms with van der Waals surface area (Å²) < 4.78 is 1.07. The highest BCUT2D eigenvalue weighted by Crippen LogP contribution is 2.28. The number of aromatic nitrogens is 1. The molecule has 0 saturated heterocycles. The summed E-state index contributed by atoms with van der Waals surface area (Å²) in [5, 5.41) is 12.3. The van der Waals surface area contributed by atoms with Gasteiger partial charge < -0.3 is 5.11 Å². The summed E-state index contributed by atoms with van der Waals surface area (Å²) in [6, 6.07) is 8.12. The van der Waals surface area contributed by atoms with E-state index in [0.29, 0.717) is 0 Å². The van der Waals surface area contributed by atoms with Crippen molar-refractivity contribution in [3.05, 3.63) is 39.8 Å². The van der Waals surface area contributed by atoms with E-state index in [1.165, 1.54) is 0 Å². The molecule has 0 aliphatic heterocycles. The second-order valence-corrected chi connectivity index (χ2v) is 5.65. The highest BCUT2D eigenvalue weighted by Gasteiger charge is 2.12. The summed E-state index contributed by atoms with van der Waals surface area (Å²) in [6.45, 7) is 2.24. The SMILES string of the molecule is CCC(CO)c1csc(-c2ccc(Br)cc2)n1. The molecule has 4 heteroatoms. The van der Waals surface area contributed by atoms with E-state index >= 15 is 0 Å². The Morgan fingerprint density at radius 1 is 1.35 bits per heavy atom. The molecule has 0 fully saturated rings. The highest BCUT2D eigenvalue weighted by atomic mass is 79.9. The lowest BCUT2D eigenvalue weighted by Crippen LogP contribution is -2.02. The second kappa shape index (κ2) is 5.76. The fourth-order valence-electron chi connectivity index (χ4n) is 1.63. The minimum atomic E-state index is 0.162. The number of aliphatic hydroxyl groups excluding tert-OH is 1. The topological polar surface area (TPSA) is 33.1 Å². The molecule has 1 unspecified atom stereocenters. The average Bonchev–Trinajstić information content (AvgIpc) is 2.81. The molecule has 2 aromatic rings. The molecule has 1 aromatic carbocycles. The van der Waals surface area contributed by atoms with Gasteiger partial charge >= 0.3 is 0 Å². The first-order valence-electron chi connectivity index (χ1n) is 5.56. The number of aliphatic hydroxyl groups is 1. The van der Waals surface area contributed by atoms with Crippen LogP contribution in [0.4, 0.5) is 0 Å². The zero-order valence-corrected chi connectivity index (χ0v) is 12.0. The van der Waals surface area contributed by atoms with Crippen LogP contribution in [0.5, 0.6) is 0 Å². The number of nitrogens with zero attached hydrogens (tertiary/aromatic N) is 1. The Kier molecular flexibility index (Phi) is 4.31. The second-order valence-electron chi connectivity index (χ2n) is 3.87. The van der Waals surface area contributed by atoms with Crippen molar-refractivity contribution in [2.75, 3.05) is 6.61 Å². The predicted molar refractivity (Wildman–Crippen MR) is 75.4 cm³/mol. The van der Waals surface area contributed by atoms with Gasteiger partial charge in [0, 0.05) is 21.3 Å². The lowest BCUT2D eigenvalue weighted by Gasteiger charge is -2.06. The Hall–Kier alpha value is -0.710. The maximum absolute atomic E-state index is 9.25. The van der Waals surface area contributed by atoms with Crippen LogP contribution in [0.1, 0.15) is 25.0 Å². The third-order valence-corrected chi connectivity index (χ3v) is 4.18. The van der Waals surface area contributed by atoms with Crippen LogP contribution in [-0.4, -0.2) is 16.7 Å². The summed E-state index contributed by atoms with van der Waals surface area (Å²) in [5.74, 6) is 0.162. The molecule has 0 amide bonds. The van der Waals surface area contributed by atoms with Gasteiger partial charge in [-0.25, -0.2) is 4.98 Å². The number of halogens is 1. The van der Waals surface area contributed by atoms with Gasteiger partial charge in [-0.2, -0.15) is 0 Å². The third kappa shape index (κ3) is 2.94. The Bertz CT molecular complexity index is 476. The van der Waals surface area contributed by atoms with Gasteiger partial charge in [-0.3, -0.25) is 0 Å². The number of hydrogen-bond acceptors (Lipinski definition) is 3. The first kappa shape index (κ1) is 12.7. The third-order valence-electron chi connectivity index (χ3n) is 2.74. The van der Waals surface area contributed by atoms with E-state index in [4.69, 9.17) is 0 Å². The van der Waals surface area contributed by atoms with Crippen LogP contribution in [-0.2, 0) is 0 Å². The van der Waals surface area contributed by atoms with Crippen molar-refractivity contribution in [3.63, 3.8) is 0 Å². The van der Waals surface area contributed by atoms with Crippen LogP contribution < -0.4 is 0 Å². The molecule has 1 aromatic heterocycles. The molecule has 1 atom stereocenters. The fourth-order valence-corrected chi connectivity index (χ4v) is 2.80. The van der Waals surface area contributed by atoms with Gasteiger partial charge in [0.1, 0.15) is 5.01 Å². The van der Waals surface area contributed by atoms with Gasteiger partial charge in [-0.15, -0.1) is 11.3 Å². The van der Waals surface area contributed by atoms with Crippen molar-refractivity contribution >= 4 is 27.3 Å². The summed E-state index contributed by atoms with van der Waals surface area (Å²) in [6.07, 6.45) is 0.917. The predicted octanol–water partition coefficient (Wildman–Crippen LogP) is 4.06. The van der Waals surface area contributed by atoms with Crippen molar-refractivity contribution in [1.82, 2.24) is 4.98 Å². The fraction of sp³-hybridized carbons (Fsp3) is 0.308. The van der Waals surface area contributed by atoms with Crippen LogP contribution in [0.2, 0.25) is 0 Å². The smallest absolute Gasteiger partial charge is 0.123 e. The number of benzene rings is 1. The molecule has 2 nitrogen and oxygen atoms in total. The molecule has 17 heavy (non-hydrogen) atoms. The molecular weight excluding hydrogens is 298 g/mol. The van der Waals surface area contributed by atoms with Crippen LogP contribution in [0.3, 0.4) is 0 Å². The lowest BCUT2D eigenvalue weighted by molar-refractivity contribution is 0.260. The molecule has 90 valence electrons. The van der Waals surface area contributed by atoms with E-state index in [0.717, 1.165) is 27.2 Å². The number of rotatable bonds is 4. The van der Waals surface area contributed by atoms with Gasteiger partial charge in [0.15, 0.2) is 0 Å². The average molecular weight is 312 g/mol.